The normalized spacial score (nSPS) is 11.2. The molecule has 0 aromatic heterocycles. The lowest BCUT2D eigenvalue weighted by Crippen LogP contribution is -2.23. The summed E-state index contributed by atoms with van der Waals surface area (Å²) in [5.74, 6) is 0.0548. The average Bonchev–Trinajstić information content (AvgIpc) is 2.66. The van der Waals surface area contributed by atoms with E-state index in [9.17, 15) is 10.1 Å². The number of nitrogens with zero attached hydrogens (tertiary/aromatic N) is 1. The van der Waals surface area contributed by atoms with E-state index in [2.05, 4.69) is 19.6 Å². The maximum absolute atomic E-state index is 11.6. The first kappa shape index (κ1) is 18.3. The molecule has 0 aliphatic heterocycles. The largest absolute Gasteiger partial charge is 0.454 e. The van der Waals surface area contributed by atoms with Gasteiger partial charge in [-0.25, -0.2) is 4.79 Å². The molecule has 2 aromatic rings. The van der Waals surface area contributed by atoms with Crippen molar-refractivity contribution in [2.45, 2.75) is 32.5 Å². The molecule has 2 rings (SSSR count). The van der Waals surface area contributed by atoms with Gasteiger partial charge in [0.2, 0.25) is 6.29 Å². The van der Waals surface area contributed by atoms with Crippen LogP contribution in [0.4, 0.5) is 0 Å². The van der Waals surface area contributed by atoms with E-state index in [0.717, 1.165) is 30.0 Å². The summed E-state index contributed by atoms with van der Waals surface area (Å²) >= 11 is 0. The Hall–Kier alpha value is -3.06. The van der Waals surface area contributed by atoms with Gasteiger partial charge in [-0.3, -0.25) is 0 Å². The number of rotatable bonds is 8. The Balaban J connectivity index is 2.33. The van der Waals surface area contributed by atoms with Gasteiger partial charge in [0.25, 0.3) is 0 Å². The van der Waals surface area contributed by atoms with E-state index in [1.807, 2.05) is 42.5 Å². The van der Waals surface area contributed by atoms with E-state index >= 15 is 0 Å². The Morgan fingerprint density at radius 3 is 2.56 bits per heavy atom. The van der Waals surface area contributed by atoms with E-state index in [1.54, 1.807) is 6.07 Å². The number of benzene rings is 2. The van der Waals surface area contributed by atoms with Crippen LogP contribution < -0.4 is 4.74 Å². The van der Waals surface area contributed by atoms with Crippen molar-refractivity contribution in [1.29, 1.82) is 5.26 Å². The van der Waals surface area contributed by atoms with Crippen molar-refractivity contribution in [2.75, 3.05) is 0 Å². The number of hydrogen-bond acceptors (Lipinski definition) is 4. The third kappa shape index (κ3) is 4.95. The summed E-state index contributed by atoms with van der Waals surface area (Å²) in [7, 11) is 0. The van der Waals surface area contributed by atoms with Gasteiger partial charge in [-0.05, 0) is 18.6 Å². The fourth-order valence-corrected chi connectivity index (χ4v) is 2.44. The van der Waals surface area contributed by atoms with Crippen LogP contribution in [0.15, 0.2) is 61.2 Å². The number of para-hydroxylation sites is 1. The van der Waals surface area contributed by atoms with Gasteiger partial charge in [0.05, 0.1) is 11.6 Å². The minimum absolute atomic E-state index is 0.518. The summed E-state index contributed by atoms with van der Waals surface area (Å²) < 4.78 is 11.3. The number of ether oxygens (including phenoxy) is 2. The van der Waals surface area contributed by atoms with Crippen molar-refractivity contribution in [3.63, 3.8) is 0 Å². The summed E-state index contributed by atoms with van der Waals surface area (Å²) in [4.78, 5) is 11.6. The van der Waals surface area contributed by atoms with Crippen LogP contribution in [0.5, 0.6) is 5.75 Å². The Morgan fingerprint density at radius 2 is 1.88 bits per heavy atom. The van der Waals surface area contributed by atoms with Crippen molar-refractivity contribution < 1.29 is 14.3 Å². The van der Waals surface area contributed by atoms with Crippen LogP contribution in [0, 0.1) is 11.3 Å². The van der Waals surface area contributed by atoms with Gasteiger partial charge < -0.3 is 9.47 Å². The maximum atomic E-state index is 11.6. The molecule has 0 saturated heterocycles. The molecule has 0 spiro atoms. The van der Waals surface area contributed by atoms with Gasteiger partial charge in [-0.2, -0.15) is 5.26 Å². The molecule has 0 aliphatic carbocycles. The topological polar surface area (TPSA) is 59.3 Å². The third-order valence-corrected chi connectivity index (χ3v) is 3.69. The Morgan fingerprint density at radius 1 is 1.20 bits per heavy atom. The summed E-state index contributed by atoms with van der Waals surface area (Å²) in [5, 5.41) is 9.35. The molecule has 0 radical (unpaired) electrons. The molecule has 0 N–H and O–H groups in total. The van der Waals surface area contributed by atoms with Crippen LogP contribution in [0.1, 0.15) is 31.7 Å². The molecule has 0 fully saturated rings. The molecular weight excluding hydrogens is 314 g/mol. The molecular formula is C21H21NO3. The van der Waals surface area contributed by atoms with Crippen LogP contribution >= 0.6 is 0 Å². The van der Waals surface area contributed by atoms with E-state index in [-0.39, 0.29) is 0 Å². The monoisotopic (exact) mass is 335 g/mol. The molecule has 0 amide bonds. The highest BCUT2D eigenvalue weighted by molar-refractivity contribution is 5.81. The number of hydrogen-bond donors (Lipinski definition) is 0. The molecule has 4 nitrogen and oxygen atoms in total. The zero-order valence-corrected chi connectivity index (χ0v) is 14.3. The summed E-state index contributed by atoms with van der Waals surface area (Å²) in [6, 6.07) is 17.0. The summed E-state index contributed by atoms with van der Waals surface area (Å²) in [6.07, 6.45) is 2.85. The molecule has 0 bridgehead atoms. The lowest BCUT2D eigenvalue weighted by molar-refractivity contribution is -0.158. The predicted molar refractivity (Wildman–Crippen MR) is 96.8 cm³/mol. The lowest BCUT2D eigenvalue weighted by atomic mass is 9.99. The average molecular weight is 335 g/mol. The second-order valence-electron chi connectivity index (χ2n) is 5.48. The van der Waals surface area contributed by atoms with Crippen LogP contribution in [-0.4, -0.2) is 12.3 Å². The number of nitriles is 1. The van der Waals surface area contributed by atoms with Gasteiger partial charge in [0.15, 0.2) is 0 Å². The smallest absolute Gasteiger partial charge is 0.333 e. The van der Waals surface area contributed by atoms with E-state index in [0.29, 0.717) is 17.7 Å². The van der Waals surface area contributed by atoms with Crippen molar-refractivity contribution in [3.8, 4) is 22.9 Å². The second kappa shape index (κ2) is 9.29. The van der Waals surface area contributed by atoms with Crippen LogP contribution in [0.2, 0.25) is 0 Å². The first-order valence-electron chi connectivity index (χ1n) is 8.27. The minimum atomic E-state index is -0.694. The van der Waals surface area contributed by atoms with E-state index < -0.39 is 12.3 Å². The highest BCUT2D eigenvalue weighted by Gasteiger charge is 2.17. The number of carbonyl (C=O) groups is 1. The lowest BCUT2D eigenvalue weighted by Gasteiger charge is -2.20. The molecule has 128 valence electrons. The number of unbranched alkanes of at least 4 members (excludes halogenated alkanes) is 1. The zero-order chi connectivity index (χ0) is 18.1. The number of esters is 1. The highest BCUT2D eigenvalue weighted by atomic mass is 16.7. The molecule has 2 aromatic carbocycles. The first-order chi connectivity index (χ1) is 12.2. The molecule has 4 heteroatoms. The molecule has 1 atom stereocenters. The SMILES string of the molecule is C=CC(=O)OC(CCCC)Oc1ccccc1-c1ccccc1C#N. The van der Waals surface area contributed by atoms with Gasteiger partial charge in [-0.15, -0.1) is 0 Å². The fraction of sp³-hybridized carbons (Fsp3) is 0.238. The highest BCUT2D eigenvalue weighted by Crippen LogP contribution is 2.33. The summed E-state index contributed by atoms with van der Waals surface area (Å²) in [6.45, 7) is 5.48. The van der Waals surface area contributed by atoms with E-state index in [4.69, 9.17) is 9.47 Å². The van der Waals surface area contributed by atoms with Gasteiger partial charge in [-0.1, -0.05) is 56.3 Å². The maximum Gasteiger partial charge on any atom is 0.333 e. The molecule has 0 saturated carbocycles. The fourth-order valence-electron chi connectivity index (χ4n) is 2.44. The van der Waals surface area contributed by atoms with Crippen LogP contribution in [0.25, 0.3) is 11.1 Å². The van der Waals surface area contributed by atoms with E-state index in [1.165, 1.54) is 0 Å². The predicted octanol–water partition coefficient (Wildman–Crippen LogP) is 4.85. The van der Waals surface area contributed by atoms with Crippen molar-refractivity contribution >= 4 is 5.97 Å². The van der Waals surface area contributed by atoms with Crippen LogP contribution in [0.3, 0.4) is 0 Å². The molecule has 25 heavy (non-hydrogen) atoms. The standard InChI is InChI=1S/C21H21NO3/c1-3-5-14-21(25-20(23)4-2)24-19-13-9-8-12-18(19)17-11-7-6-10-16(17)15-22/h4,6-13,21H,2-3,5,14H2,1H3. The van der Waals surface area contributed by atoms with Crippen molar-refractivity contribution in [2.24, 2.45) is 0 Å². The molecule has 1 unspecified atom stereocenters. The van der Waals surface area contributed by atoms with Crippen LogP contribution in [-0.2, 0) is 9.53 Å². The first-order valence-corrected chi connectivity index (χ1v) is 8.27. The Labute approximate surface area is 148 Å². The van der Waals surface area contributed by atoms with Crippen molar-refractivity contribution in [1.82, 2.24) is 0 Å². The second-order valence-corrected chi connectivity index (χ2v) is 5.48. The molecule has 0 aliphatic rings. The van der Waals surface area contributed by atoms with Gasteiger partial charge in [0.1, 0.15) is 5.75 Å². The van der Waals surface area contributed by atoms with Gasteiger partial charge in [0, 0.05) is 23.6 Å². The number of carbonyl (C=O) groups excluding carboxylic acids is 1. The zero-order valence-electron chi connectivity index (χ0n) is 14.3. The van der Waals surface area contributed by atoms with Crippen molar-refractivity contribution in [3.05, 3.63) is 66.7 Å². The minimum Gasteiger partial charge on any atom is -0.454 e. The van der Waals surface area contributed by atoms with Gasteiger partial charge >= 0.3 is 5.97 Å². The summed E-state index contributed by atoms with van der Waals surface area (Å²) in [5.41, 5.74) is 2.13. The Kier molecular flexibility index (Phi) is 6.79. The Bertz CT molecular complexity index is 777. The quantitative estimate of drug-likeness (QED) is 0.393. The molecule has 0 heterocycles. The third-order valence-electron chi connectivity index (χ3n) is 3.69.